The lowest BCUT2D eigenvalue weighted by molar-refractivity contribution is 0.0585. The molecule has 3 rings (SSSR count). The summed E-state index contributed by atoms with van der Waals surface area (Å²) >= 11 is 0. The van der Waals surface area contributed by atoms with Crippen LogP contribution in [0, 0.1) is 0 Å². The number of carbonyl (C=O) groups is 1. The summed E-state index contributed by atoms with van der Waals surface area (Å²) < 4.78 is 35.9. The Morgan fingerprint density at radius 3 is 2.62 bits per heavy atom. The van der Waals surface area contributed by atoms with Crippen molar-refractivity contribution in [1.82, 2.24) is 19.7 Å². The van der Waals surface area contributed by atoms with Gasteiger partial charge >= 0.3 is 5.97 Å². The van der Waals surface area contributed by atoms with E-state index in [1.54, 1.807) is 0 Å². The van der Waals surface area contributed by atoms with Crippen LogP contribution in [0.4, 0.5) is 5.82 Å². The number of hydrogen-bond donors (Lipinski definition) is 2. The van der Waals surface area contributed by atoms with E-state index in [4.69, 9.17) is 9.47 Å². The lowest BCUT2D eigenvalue weighted by atomic mass is 10.2. The SMILES string of the molecule is COC(=O)c1nn(COCC[Si](C)(C)C)c2ncnc(N[C@@H]3CC(S(C)(=O)=O)C[C@H]3O)c12. The number of aliphatic hydroxyl groups is 1. The maximum Gasteiger partial charge on any atom is 0.359 e. The van der Waals surface area contributed by atoms with Crippen LogP contribution in [-0.4, -0.2) is 84.7 Å². The third kappa shape index (κ3) is 5.63. The number of aromatic nitrogens is 4. The predicted octanol–water partition coefficient (Wildman–Crippen LogP) is 1.27. The molecule has 0 aromatic carbocycles. The Morgan fingerprint density at radius 1 is 1.31 bits per heavy atom. The van der Waals surface area contributed by atoms with E-state index in [0.717, 1.165) is 12.3 Å². The Morgan fingerprint density at radius 2 is 2.03 bits per heavy atom. The van der Waals surface area contributed by atoms with Gasteiger partial charge in [0, 0.05) is 20.9 Å². The fourth-order valence-electron chi connectivity index (χ4n) is 3.63. The maximum atomic E-state index is 12.4. The summed E-state index contributed by atoms with van der Waals surface area (Å²) in [4.78, 5) is 20.9. The van der Waals surface area contributed by atoms with Gasteiger partial charge in [0.2, 0.25) is 0 Å². The van der Waals surface area contributed by atoms with E-state index < -0.39 is 41.3 Å². The number of fused-ring (bicyclic) bond motifs is 1. The third-order valence-electron chi connectivity index (χ3n) is 5.53. The molecule has 2 aromatic rings. The fourth-order valence-corrected chi connectivity index (χ4v) is 5.49. The summed E-state index contributed by atoms with van der Waals surface area (Å²) in [6.45, 7) is 7.45. The van der Waals surface area contributed by atoms with Crippen LogP contribution in [0.5, 0.6) is 0 Å². The molecule has 2 N–H and O–H groups in total. The van der Waals surface area contributed by atoms with Crippen molar-refractivity contribution in [3.63, 3.8) is 0 Å². The zero-order chi connectivity index (χ0) is 23.7. The van der Waals surface area contributed by atoms with Gasteiger partial charge in [0.05, 0.1) is 29.9 Å². The standard InChI is InChI=1S/C19H31N5O6SSi/c1-29-19(26)16-15-17(22-13-8-12(9-14(13)25)31(2,27)28)20-10-21-18(15)24(23-16)11-30-6-7-32(3,4)5/h10,12-14,25H,6-9,11H2,1-5H3,(H,20,21,22)/t12?,13-,14-/m1/s1. The first kappa shape index (κ1) is 24.5. The minimum Gasteiger partial charge on any atom is -0.464 e. The van der Waals surface area contributed by atoms with E-state index in [0.29, 0.717) is 17.6 Å². The summed E-state index contributed by atoms with van der Waals surface area (Å²) in [5, 5.41) is 17.5. The van der Waals surface area contributed by atoms with Gasteiger partial charge in [-0.25, -0.2) is 27.9 Å². The number of nitrogens with one attached hydrogen (secondary N) is 1. The Kier molecular flexibility index (Phi) is 7.22. The largest absolute Gasteiger partial charge is 0.464 e. The number of aliphatic hydroxyl groups excluding tert-OH is 1. The van der Waals surface area contributed by atoms with Crippen LogP contribution in [-0.2, 0) is 26.0 Å². The minimum absolute atomic E-state index is 0.0200. The van der Waals surface area contributed by atoms with Crippen molar-refractivity contribution in [2.24, 2.45) is 0 Å². The minimum atomic E-state index is -3.29. The molecule has 11 nitrogen and oxygen atoms in total. The Bertz CT molecular complexity index is 1080. The van der Waals surface area contributed by atoms with E-state index >= 15 is 0 Å². The van der Waals surface area contributed by atoms with Gasteiger partial charge in [0.25, 0.3) is 0 Å². The van der Waals surface area contributed by atoms with Crippen molar-refractivity contribution >= 4 is 40.7 Å². The smallest absolute Gasteiger partial charge is 0.359 e. The highest BCUT2D eigenvalue weighted by atomic mass is 32.2. The van der Waals surface area contributed by atoms with Gasteiger partial charge in [0.15, 0.2) is 11.3 Å². The summed E-state index contributed by atoms with van der Waals surface area (Å²) in [5.41, 5.74) is 0.398. The first-order chi connectivity index (χ1) is 14.9. The first-order valence-corrected chi connectivity index (χ1v) is 16.1. The zero-order valence-electron chi connectivity index (χ0n) is 19.0. The van der Waals surface area contributed by atoms with Crippen molar-refractivity contribution in [3.8, 4) is 0 Å². The van der Waals surface area contributed by atoms with Gasteiger partial charge in [-0.05, 0) is 18.9 Å². The summed E-state index contributed by atoms with van der Waals surface area (Å²) in [6.07, 6.45) is 1.98. The van der Waals surface area contributed by atoms with Gasteiger partial charge < -0.3 is 19.9 Å². The molecule has 1 saturated carbocycles. The van der Waals surface area contributed by atoms with Crippen molar-refractivity contribution < 1.29 is 27.8 Å². The van der Waals surface area contributed by atoms with E-state index in [9.17, 15) is 18.3 Å². The molecule has 0 bridgehead atoms. The summed E-state index contributed by atoms with van der Waals surface area (Å²) in [6, 6.07) is 0.438. The Hall–Kier alpha value is -2.09. The van der Waals surface area contributed by atoms with Crippen molar-refractivity contribution in [2.45, 2.75) is 62.7 Å². The Labute approximate surface area is 188 Å². The first-order valence-electron chi connectivity index (χ1n) is 10.4. The van der Waals surface area contributed by atoms with Gasteiger partial charge in [-0.15, -0.1) is 0 Å². The molecule has 0 spiro atoms. The molecule has 1 aliphatic carbocycles. The number of nitrogens with zero attached hydrogens (tertiary/aromatic N) is 4. The number of esters is 1. The fraction of sp³-hybridized carbons (Fsp3) is 0.684. The number of hydrogen-bond acceptors (Lipinski definition) is 10. The number of carbonyl (C=O) groups excluding carboxylic acids is 1. The molecule has 0 aliphatic heterocycles. The van der Waals surface area contributed by atoms with Crippen molar-refractivity contribution in [3.05, 3.63) is 12.0 Å². The molecule has 3 atom stereocenters. The molecule has 1 unspecified atom stereocenters. The van der Waals surface area contributed by atoms with Gasteiger partial charge in [-0.3, -0.25) is 0 Å². The molecular weight excluding hydrogens is 454 g/mol. The number of ether oxygens (including phenoxy) is 2. The highest BCUT2D eigenvalue weighted by molar-refractivity contribution is 7.91. The lowest BCUT2D eigenvalue weighted by Gasteiger charge is -2.17. The average molecular weight is 486 g/mol. The zero-order valence-corrected chi connectivity index (χ0v) is 20.8. The molecule has 1 fully saturated rings. The van der Waals surface area contributed by atoms with Crippen LogP contribution >= 0.6 is 0 Å². The molecule has 2 heterocycles. The van der Waals surface area contributed by atoms with Gasteiger partial charge in [-0.2, -0.15) is 5.10 Å². The molecule has 0 amide bonds. The van der Waals surface area contributed by atoms with Crippen LogP contribution in [0.15, 0.2) is 6.33 Å². The van der Waals surface area contributed by atoms with Crippen LogP contribution in [0.1, 0.15) is 23.3 Å². The second kappa shape index (κ2) is 9.41. The van der Waals surface area contributed by atoms with Crippen LogP contribution in [0.25, 0.3) is 11.0 Å². The van der Waals surface area contributed by atoms with Gasteiger partial charge in [0.1, 0.15) is 28.7 Å². The molecular formula is C19H31N5O6SSi. The number of sulfone groups is 1. The number of anilines is 1. The number of rotatable bonds is 9. The highest BCUT2D eigenvalue weighted by Gasteiger charge is 2.39. The molecule has 2 aromatic heterocycles. The highest BCUT2D eigenvalue weighted by Crippen LogP contribution is 2.31. The molecule has 178 valence electrons. The molecule has 13 heteroatoms. The van der Waals surface area contributed by atoms with Crippen LogP contribution in [0.3, 0.4) is 0 Å². The van der Waals surface area contributed by atoms with E-state index in [-0.39, 0.29) is 31.1 Å². The summed E-state index contributed by atoms with van der Waals surface area (Å²) in [5.74, 6) is -0.378. The third-order valence-corrected chi connectivity index (χ3v) is 8.83. The average Bonchev–Trinajstić information content (AvgIpc) is 3.25. The quantitative estimate of drug-likeness (QED) is 0.302. The van der Waals surface area contributed by atoms with Crippen LogP contribution in [0.2, 0.25) is 25.7 Å². The predicted molar refractivity (Wildman–Crippen MR) is 122 cm³/mol. The van der Waals surface area contributed by atoms with Gasteiger partial charge in [-0.1, -0.05) is 19.6 Å². The molecule has 32 heavy (non-hydrogen) atoms. The number of methoxy groups -OCH3 is 1. The van der Waals surface area contributed by atoms with Crippen molar-refractivity contribution in [1.29, 1.82) is 0 Å². The second-order valence-corrected chi connectivity index (χ2v) is 17.3. The van der Waals surface area contributed by atoms with Crippen molar-refractivity contribution in [2.75, 3.05) is 25.3 Å². The normalized spacial score (nSPS) is 21.8. The second-order valence-electron chi connectivity index (χ2n) is 9.35. The maximum absolute atomic E-state index is 12.4. The van der Waals surface area contributed by atoms with E-state index in [1.165, 1.54) is 18.1 Å². The van der Waals surface area contributed by atoms with E-state index in [2.05, 4.69) is 40.0 Å². The monoisotopic (exact) mass is 485 g/mol. The topological polar surface area (TPSA) is 146 Å². The summed E-state index contributed by atoms with van der Waals surface area (Å²) in [7, 11) is -3.28. The molecule has 0 radical (unpaired) electrons. The molecule has 1 aliphatic rings. The van der Waals surface area contributed by atoms with Crippen LogP contribution < -0.4 is 5.32 Å². The molecule has 0 saturated heterocycles. The lowest BCUT2D eigenvalue weighted by Crippen LogP contribution is -2.28. The Balaban J connectivity index is 1.89. The van der Waals surface area contributed by atoms with E-state index in [1.807, 2.05) is 0 Å².